The zero-order chi connectivity index (χ0) is 27.0. The minimum atomic E-state index is -0.534. The summed E-state index contributed by atoms with van der Waals surface area (Å²) in [6.07, 6.45) is 3.94. The number of benzene rings is 3. The molecule has 2 fully saturated rings. The minimum absolute atomic E-state index is 0. The topological polar surface area (TPSA) is 79.9 Å². The first-order chi connectivity index (χ1) is 19.0. The van der Waals surface area contributed by atoms with Gasteiger partial charge in [-0.1, -0.05) is 31.2 Å². The van der Waals surface area contributed by atoms with E-state index in [1.165, 1.54) is 6.42 Å². The lowest BCUT2D eigenvalue weighted by atomic mass is 9.94. The number of carbonyl (C=O) groups excluding carboxylic acids is 2. The van der Waals surface area contributed by atoms with E-state index in [9.17, 15) is 9.59 Å². The van der Waals surface area contributed by atoms with Crippen molar-refractivity contribution in [1.29, 1.82) is 0 Å². The number of nitrogens with one attached hydrogen (secondary N) is 2. The van der Waals surface area contributed by atoms with Crippen LogP contribution < -0.4 is 20.1 Å². The zero-order valence-corrected chi connectivity index (χ0v) is 22.6. The van der Waals surface area contributed by atoms with Crippen molar-refractivity contribution in [1.82, 2.24) is 10.2 Å². The summed E-state index contributed by atoms with van der Waals surface area (Å²) < 4.78 is 10.9. The fraction of sp³-hybridized carbons (Fsp3) is 0.375. The second-order valence-electron chi connectivity index (χ2n) is 10.8. The van der Waals surface area contributed by atoms with Gasteiger partial charge in [0, 0.05) is 25.3 Å². The Kier molecular flexibility index (Phi) is 6.77. The Labute approximate surface area is 231 Å². The smallest absolute Gasteiger partial charge is 0.251 e. The number of carbonyl (C=O) groups is 2. The highest BCUT2D eigenvalue weighted by Crippen LogP contribution is 2.51. The van der Waals surface area contributed by atoms with E-state index in [0.717, 1.165) is 66.0 Å². The van der Waals surface area contributed by atoms with Crippen LogP contribution in [-0.4, -0.2) is 49.2 Å². The van der Waals surface area contributed by atoms with Crippen molar-refractivity contribution in [2.75, 3.05) is 31.7 Å². The molecule has 1 atom stereocenters. The molecule has 3 aromatic rings. The molecule has 3 aliphatic rings. The molecule has 0 bridgehead atoms. The number of hydrogen-bond donors (Lipinski definition) is 2. The Bertz CT molecular complexity index is 1400. The molecule has 2 aliphatic heterocycles. The molecule has 1 saturated carbocycles. The molecule has 1 unspecified atom stereocenters. The maximum absolute atomic E-state index is 13.4. The monoisotopic (exact) mass is 527 g/mol. The van der Waals surface area contributed by atoms with E-state index >= 15 is 0 Å². The molecule has 2 N–H and O–H groups in total. The van der Waals surface area contributed by atoms with Crippen molar-refractivity contribution in [3.8, 4) is 22.6 Å². The molecule has 7 nitrogen and oxygen atoms in total. The van der Waals surface area contributed by atoms with Crippen LogP contribution in [0, 0.1) is 6.92 Å². The molecule has 7 heteroatoms. The number of amides is 2. The van der Waals surface area contributed by atoms with Gasteiger partial charge in [0.1, 0.15) is 0 Å². The maximum atomic E-state index is 13.4. The summed E-state index contributed by atoms with van der Waals surface area (Å²) in [4.78, 5) is 28.6. The Morgan fingerprint density at radius 2 is 1.82 bits per heavy atom. The molecule has 1 aliphatic carbocycles. The molecule has 2 heterocycles. The molecule has 39 heavy (non-hydrogen) atoms. The zero-order valence-electron chi connectivity index (χ0n) is 22.6. The predicted molar refractivity (Wildman–Crippen MR) is 153 cm³/mol. The van der Waals surface area contributed by atoms with Gasteiger partial charge < -0.3 is 20.1 Å². The summed E-state index contributed by atoms with van der Waals surface area (Å²) in [6.45, 7) is 7.26. The highest BCUT2D eigenvalue weighted by Gasteiger charge is 2.51. The summed E-state index contributed by atoms with van der Waals surface area (Å²) in [6, 6.07) is 19.9. The van der Waals surface area contributed by atoms with Gasteiger partial charge in [0.05, 0.1) is 5.41 Å². The summed E-state index contributed by atoms with van der Waals surface area (Å²) >= 11 is 0. The highest BCUT2D eigenvalue weighted by molar-refractivity contribution is 6.02. The number of nitrogens with zero attached hydrogens (tertiary/aromatic N) is 1. The number of anilines is 1. The van der Waals surface area contributed by atoms with E-state index in [2.05, 4.69) is 29.4 Å². The number of ether oxygens (including phenoxy) is 2. The molecule has 0 aromatic heterocycles. The normalized spacial score (nSPS) is 19.1. The van der Waals surface area contributed by atoms with Crippen LogP contribution in [-0.2, 0) is 10.2 Å². The van der Waals surface area contributed by atoms with Crippen molar-refractivity contribution < 1.29 is 20.5 Å². The van der Waals surface area contributed by atoms with E-state index in [1.807, 2.05) is 60.7 Å². The summed E-state index contributed by atoms with van der Waals surface area (Å²) in [5.74, 6) is 1.37. The maximum Gasteiger partial charge on any atom is 0.251 e. The predicted octanol–water partition coefficient (Wildman–Crippen LogP) is 5.52. The minimum Gasteiger partial charge on any atom is -0.454 e. The average molecular weight is 528 g/mol. The van der Waals surface area contributed by atoms with Crippen molar-refractivity contribution in [2.24, 2.45) is 0 Å². The third-order valence-electron chi connectivity index (χ3n) is 8.47. The van der Waals surface area contributed by atoms with Crippen LogP contribution in [0.4, 0.5) is 5.69 Å². The van der Waals surface area contributed by atoms with Gasteiger partial charge in [-0.05, 0) is 104 Å². The van der Waals surface area contributed by atoms with Crippen molar-refractivity contribution in [2.45, 2.75) is 51.0 Å². The first-order valence-corrected chi connectivity index (χ1v) is 13.9. The molecular weight excluding hydrogens is 490 g/mol. The van der Waals surface area contributed by atoms with Gasteiger partial charge in [0.25, 0.3) is 5.91 Å². The van der Waals surface area contributed by atoms with Crippen LogP contribution in [0.5, 0.6) is 11.5 Å². The van der Waals surface area contributed by atoms with Crippen LogP contribution in [0.1, 0.15) is 55.5 Å². The lowest BCUT2D eigenvalue weighted by Crippen LogP contribution is -2.40. The summed E-state index contributed by atoms with van der Waals surface area (Å²) in [7, 11) is 0. The number of likely N-dealkylation sites (N-methyl/N-ethyl adjacent to an activating group) is 1. The molecular formula is C32H37N3O4. The van der Waals surface area contributed by atoms with Gasteiger partial charge >= 0.3 is 0 Å². The third-order valence-corrected chi connectivity index (χ3v) is 8.47. The number of fused-ring (bicyclic) bond motifs is 1. The fourth-order valence-electron chi connectivity index (χ4n) is 5.88. The lowest BCUT2D eigenvalue weighted by molar-refractivity contribution is -0.118. The SMILES string of the molecule is CCN1CCCC1CNC(=O)c1ccc(-c2cc(NC(=O)C3(c4ccc5c(c4)OCO5)CC3)ccc2C)cc1.[HH]. The average Bonchev–Trinajstić information content (AvgIpc) is 3.42. The number of hydrogen-bond acceptors (Lipinski definition) is 5. The van der Waals surface area contributed by atoms with Gasteiger partial charge in [-0.25, -0.2) is 0 Å². The van der Waals surface area contributed by atoms with Crippen molar-refractivity contribution >= 4 is 17.5 Å². The standard InChI is InChI=1S/C32H35N3O4.H2/c1-3-35-16-4-5-26(35)19-33-30(36)23-9-7-22(8-10-23)27-18-25(12-6-21(27)2)34-31(37)32(14-15-32)24-11-13-28-29(17-24)39-20-38-28;/h6-13,17-18,26H,3-5,14-16,19-20H2,1-2H3,(H,33,36)(H,34,37);1H. The summed E-state index contributed by atoms with van der Waals surface area (Å²) in [5.41, 5.74) is 4.96. The van der Waals surface area contributed by atoms with Crippen LogP contribution >= 0.6 is 0 Å². The first-order valence-electron chi connectivity index (χ1n) is 13.9. The Hall–Kier alpha value is -3.84. The number of rotatable bonds is 8. The van der Waals surface area contributed by atoms with Crippen LogP contribution in [0.3, 0.4) is 0 Å². The Morgan fingerprint density at radius 1 is 1.03 bits per heavy atom. The third kappa shape index (κ3) is 4.99. The summed E-state index contributed by atoms with van der Waals surface area (Å²) in [5, 5.41) is 6.26. The van der Waals surface area contributed by atoms with E-state index in [0.29, 0.717) is 23.9 Å². The van der Waals surface area contributed by atoms with Gasteiger partial charge in [-0.3, -0.25) is 14.5 Å². The molecule has 0 spiro atoms. The van der Waals surface area contributed by atoms with Gasteiger partial charge in [0.15, 0.2) is 11.5 Å². The van der Waals surface area contributed by atoms with E-state index < -0.39 is 5.41 Å². The molecule has 3 aromatic carbocycles. The molecule has 204 valence electrons. The van der Waals surface area contributed by atoms with E-state index in [4.69, 9.17) is 9.47 Å². The van der Waals surface area contributed by atoms with E-state index in [1.54, 1.807) is 0 Å². The second-order valence-corrected chi connectivity index (χ2v) is 10.8. The van der Waals surface area contributed by atoms with Crippen LogP contribution in [0.15, 0.2) is 60.7 Å². The first kappa shape index (κ1) is 25.4. The second kappa shape index (κ2) is 10.4. The highest BCUT2D eigenvalue weighted by atomic mass is 16.7. The Balaban J connectivity index is 0.00000323. The van der Waals surface area contributed by atoms with Gasteiger partial charge in [-0.15, -0.1) is 0 Å². The number of likely N-dealkylation sites (tertiary alicyclic amines) is 1. The van der Waals surface area contributed by atoms with Gasteiger partial charge in [0.2, 0.25) is 12.7 Å². The fourth-order valence-corrected chi connectivity index (χ4v) is 5.88. The van der Waals surface area contributed by atoms with Crippen molar-refractivity contribution in [3.63, 3.8) is 0 Å². The molecule has 6 rings (SSSR count). The lowest BCUT2D eigenvalue weighted by Gasteiger charge is -2.22. The van der Waals surface area contributed by atoms with Gasteiger partial charge in [-0.2, -0.15) is 0 Å². The quantitative estimate of drug-likeness (QED) is 0.403. The Morgan fingerprint density at radius 3 is 2.59 bits per heavy atom. The molecule has 0 radical (unpaired) electrons. The largest absolute Gasteiger partial charge is 0.454 e. The molecule has 1 saturated heterocycles. The molecule has 2 amide bonds. The van der Waals surface area contributed by atoms with Crippen LogP contribution in [0.25, 0.3) is 11.1 Å². The van der Waals surface area contributed by atoms with Crippen LogP contribution in [0.2, 0.25) is 0 Å². The van der Waals surface area contributed by atoms with E-state index in [-0.39, 0.29) is 20.0 Å². The number of aryl methyl sites for hydroxylation is 1. The van der Waals surface area contributed by atoms with Crippen molar-refractivity contribution in [3.05, 3.63) is 77.4 Å².